The van der Waals surface area contributed by atoms with Crippen molar-refractivity contribution in [1.29, 1.82) is 0 Å². The number of anilines is 2. The molecule has 5 rings (SSSR count). The quantitative estimate of drug-likeness (QED) is 0.212. The minimum absolute atomic E-state index is 0.136. The average molecular weight is 624 g/mol. The molecule has 2 atom stereocenters. The first-order valence-corrected chi connectivity index (χ1v) is 15.5. The summed E-state index contributed by atoms with van der Waals surface area (Å²) in [4.78, 5) is 43.5. The standard InChI is InChI=1S/C29H26ClN5O5S2/c1-18(27(37)33-42(2)39)16-35-26(36)15-25(34(29(35)38)17-19-7-9-20(30)10-8-19)31-21-11-13-22(14-12-21)40-28-32-23-5-3-4-6-24(23)41-28/h3-15,18,31H,16-17H2,1-2H3,(H,33,37)/t18-,42?/m0/s1. The third-order valence-electron chi connectivity index (χ3n) is 6.29. The SMILES string of the molecule is C[C@@H](Cn1c(=O)cc(Nc2ccc(Oc3nc4ccccc4s3)cc2)n(Cc2ccc(Cl)cc2)c1=O)C(=O)N[S+](C)[O-]. The maximum atomic E-state index is 13.6. The fourth-order valence-electron chi connectivity index (χ4n) is 4.16. The monoisotopic (exact) mass is 623 g/mol. The van der Waals surface area contributed by atoms with Crippen LogP contribution in [-0.4, -0.2) is 30.8 Å². The van der Waals surface area contributed by atoms with Crippen LogP contribution in [0.5, 0.6) is 10.9 Å². The molecule has 42 heavy (non-hydrogen) atoms. The van der Waals surface area contributed by atoms with E-state index in [0.29, 0.717) is 21.7 Å². The smallest absolute Gasteiger partial charge is 0.332 e. The molecule has 2 N–H and O–H groups in total. The number of carbonyl (C=O) groups excluding carboxylic acids is 1. The van der Waals surface area contributed by atoms with Gasteiger partial charge < -0.3 is 14.6 Å². The minimum atomic E-state index is -1.56. The predicted molar refractivity (Wildman–Crippen MR) is 166 cm³/mol. The molecule has 3 aromatic carbocycles. The van der Waals surface area contributed by atoms with E-state index in [2.05, 4.69) is 15.0 Å². The first kappa shape index (κ1) is 29.4. The molecular formula is C29H26ClN5O5S2. The number of thiazole rings is 1. The first-order valence-electron chi connectivity index (χ1n) is 12.8. The van der Waals surface area contributed by atoms with E-state index in [4.69, 9.17) is 16.3 Å². The van der Waals surface area contributed by atoms with E-state index in [0.717, 1.165) is 20.3 Å². The molecule has 5 aromatic rings. The molecule has 0 aliphatic rings. The third-order valence-corrected chi connectivity index (χ3v) is 7.94. The van der Waals surface area contributed by atoms with Gasteiger partial charge in [-0.25, -0.2) is 9.78 Å². The normalized spacial score (nSPS) is 12.6. The van der Waals surface area contributed by atoms with Crippen LogP contribution in [0, 0.1) is 5.92 Å². The molecule has 1 unspecified atom stereocenters. The number of carbonyl (C=O) groups is 1. The number of fused-ring (bicyclic) bond motifs is 1. The number of nitrogens with zero attached hydrogens (tertiary/aromatic N) is 3. The molecule has 0 saturated carbocycles. The Morgan fingerprint density at radius 1 is 1.07 bits per heavy atom. The van der Waals surface area contributed by atoms with E-state index >= 15 is 0 Å². The summed E-state index contributed by atoms with van der Waals surface area (Å²) in [6.07, 6.45) is 1.33. The number of halogens is 1. The molecule has 0 aliphatic carbocycles. The zero-order chi connectivity index (χ0) is 29.8. The van der Waals surface area contributed by atoms with Crippen LogP contribution in [0.4, 0.5) is 11.5 Å². The van der Waals surface area contributed by atoms with Crippen LogP contribution in [-0.2, 0) is 29.2 Å². The first-order chi connectivity index (χ1) is 20.2. The lowest BCUT2D eigenvalue weighted by atomic mass is 10.1. The van der Waals surface area contributed by atoms with E-state index < -0.39 is 34.4 Å². The summed E-state index contributed by atoms with van der Waals surface area (Å²) in [6, 6.07) is 23.1. The summed E-state index contributed by atoms with van der Waals surface area (Å²) in [7, 11) is 0. The molecule has 0 fully saturated rings. The predicted octanol–water partition coefficient (Wildman–Crippen LogP) is 4.90. The second kappa shape index (κ2) is 12.8. The van der Waals surface area contributed by atoms with Crippen molar-refractivity contribution in [2.75, 3.05) is 11.6 Å². The maximum Gasteiger partial charge on any atom is 0.332 e. The molecule has 0 saturated heterocycles. The third kappa shape index (κ3) is 7.02. The Labute approximate surface area is 252 Å². The molecule has 10 nitrogen and oxygen atoms in total. The molecule has 0 radical (unpaired) electrons. The van der Waals surface area contributed by atoms with Crippen LogP contribution in [0.1, 0.15) is 12.5 Å². The largest absolute Gasteiger partial charge is 0.593 e. The van der Waals surface area contributed by atoms with Gasteiger partial charge in [0.05, 0.1) is 34.0 Å². The molecule has 216 valence electrons. The molecule has 2 heterocycles. The fourth-order valence-corrected chi connectivity index (χ4v) is 5.61. The highest BCUT2D eigenvalue weighted by Gasteiger charge is 2.21. The van der Waals surface area contributed by atoms with Crippen molar-refractivity contribution in [2.45, 2.75) is 20.0 Å². The highest BCUT2D eigenvalue weighted by molar-refractivity contribution is 7.89. The van der Waals surface area contributed by atoms with Gasteiger partial charge in [-0.15, -0.1) is 0 Å². The number of aromatic nitrogens is 3. The van der Waals surface area contributed by atoms with Gasteiger partial charge in [0.2, 0.25) is 0 Å². The Morgan fingerprint density at radius 3 is 2.48 bits per heavy atom. The van der Waals surface area contributed by atoms with E-state index in [1.165, 1.54) is 28.2 Å². The molecule has 0 aliphatic heterocycles. The van der Waals surface area contributed by atoms with E-state index in [9.17, 15) is 18.9 Å². The Bertz CT molecular complexity index is 1800. The van der Waals surface area contributed by atoms with Gasteiger partial charge in [0.25, 0.3) is 16.7 Å². The summed E-state index contributed by atoms with van der Waals surface area (Å²) >= 11 is 5.92. The second-order valence-electron chi connectivity index (χ2n) is 9.49. The van der Waals surface area contributed by atoms with Crippen molar-refractivity contribution in [3.05, 3.63) is 110 Å². The molecule has 0 bridgehead atoms. The number of para-hydroxylation sites is 1. The molecule has 13 heteroatoms. The van der Waals surface area contributed by atoms with Crippen molar-refractivity contribution in [1.82, 2.24) is 18.8 Å². The Hall–Kier alpha value is -4.10. The molecule has 2 aromatic heterocycles. The Morgan fingerprint density at radius 2 is 1.79 bits per heavy atom. The summed E-state index contributed by atoms with van der Waals surface area (Å²) in [5.41, 5.74) is 1.07. The van der Waals surface area contributed by atoms with Gasteiger partial charge in [-0.1, -0.05) is 54.1 Å². The lowest BCUT2D eigenvalue weighted by Gasteiger charge is -2.18. The molecule has 1 amide bonds. The van der Waals surface area contributed by atoms with Crippen LogP contribution >= 0.6 is 22.9 Å². The highest BCUT2D eigenvalue weighted by atomic mass is 35.5. The zero-order valence-electron chi connectivity index (χ0n) is 22.6. The lowest BCUT2D eigenvalue weighted by Crippen LogP contribution is -2.44. The van der Waals surface area contributed by atoms with Crippen molar-refractivity contribution in [2.24, 2.45) is 5.92 Å². The summed E-state index contributed by atoms with van der Waals surface area (Å²) in [5, 5.41) is 4.23. The minimum Gasteiger partial charge on any atom is -0.593 e. The summed E-state index contributed by atoms with van der Waals surface area (Å²) in [5.74, 6) is -0.455. The van der Waals surface area contributed by atoms with Gasteiger partial charge in [-0.2, -0.15) is 4.72 Å². The van der Waals surface area contributed by atoms with Crippen LogP contribution in [0.3, 0.4) is 0 Å². The number of amides is 1. The van der Waals surface area contributed by atoms with E-state index in [1.807, 2.05) is 24.3 Å². The Kier molecular flexibility index (Phi) is 8.97. The second-order valence-corrected chi connectivity index (χ2v) is 12.0. The van der Waals surface area contributed by atoms with E-state index in [-0.39, 0.29) is 18.9 Å². The average Bonchev–Trinajstić information content (AvgIpc) is 3.37. The van der Waals surface area contributed by atoms with Gasteiger partial charge in [-0.05, 0) is 54.1 Å². The van der Waals surface area contributed by atoms with Gasteiger partial charge in [0.15, 0.2) is 0 Å². The van der Waals surface area contributed by atoms with Crippen molar-refractivity contribution < 1.29 is 14.1 Å². The van der Waals surface area contributed by atoms with Gasteiger partial charge in [-0.3, -0.25) is 18.7 Å². The summed E-state index contributed by atoms with van der Waals surface area (Å²) < 4.78 is 23.1. The van der Waals surface area contributed by atoms with Gasteiger partial charge in [0, 0.05) is 23.3 Å². The topological polar surface area (TPSA) is 130 Å². The highest BCUT2D eigenvalue weighted by Crippen LogP contribution is 2.31. The Balaban J connectivity index is 1.42. The molecule has 0 spiro atoms. The number of nitrogens with one attached hydrogen (secondary N) is 2. The summed E-state index contributed by atoms with van der Waals surface area (Å²) in [6.45, 7) is 1.51. The molecular weight excluding hydrogens is 598 g/mol. The number of benzene rings is 3. The number of hydrogen-bond acceptors (Lipinski definition) is 8. The van der Waals surface area contributed by atoms with Crippen LogP contribution in [0.2, 0.25) is 5.02 Å². The van der Waals surface area contributed by atoms with Crippen molar-refractivity contribution in [3.8, 4) is 10.9 Å². The number of rotatable bonds is 10. The van der Waals surface area contributed by atoms with Gasteiger partial charge in [0.1, 0.15) is 17.8 Å². The van der Waals surface area contributed by atoms with Crippen molar-refractivity contribution >= 4 is 61.9 Å². The van der Waals surface area contributed by atoms with Crippen LogP contribution in [0.15, 0.2) is 88.5 Å². The number of hydrogen-bond donors (Lipinski definition) is 2. The maximum absolute atomic E-state index is 13.6. The van der Waals surface area contributed by atoms with Gasteiger partial charge >= 0.3 is 5.69 Å². The number of ether oxygens (including phenoxy) is 1. The van der Waals surface area contributed by atoms with Crippen LogP contribution in [0.25, 0.3) is 10.2 Å². The van der Waals surface area contributed by atoms with E-state index in [1.54, 1.807) is 55.5 Å². The lowest BCUT2D eigenvalue weighted by molar-refractivity contribution is -0.123. The van der Waals surface area contributed by atoms with Crippen molar-refractivity contribution in [3.63, 3.8) is 0 Å². The zero-order valence-corrected chi connectivity index (χ0v) is 25.0. The van der Waals surface area contributed by atoms with Crippen LogP contribution < -0.4 is 26.0 Å². The fraction of sp³-hybridized carbons (Fsp3) is 0.172.